The van der Waals surface area contributed by atoms with Gasteiger partial charge in [-0.3, -0.25) is 0 Å². The van der Waals surface area contributed by atoms with Gasteiger partial charge in [0.1, 0.15) is 11.6 Å². The summed E-state index contributed by atoms with van der Waals surface area (Å²) in [6, 6.07) is 2.43. The minimum absolute atomic E-state index is 0.113. The van der Waals surface area contributed by atoms with E-state index in [4.69, 9.17) is 0 Å². The molecule has 0 saturated carbocycles. The van der Waals surface area contributed by atoms with Gasteiger partial charge in [0.05, 0.1) is 0 Å². The Hall–Kier alpha value is -0.960. The number of benzene rings is 1. The first kappa shape index (κ1) is 10.1. The molecule has 0 aliphatic carbocycles. The molecule has 0 fully saturated rings. The Morgan fingerprint density at radius 1 is 1.31 bits per heavy atom. The van der Waals surface area contributed by atoms with Gasteiger partial charge in [-0.15, -0.1) is 0 Å². The smallest absolute Gasteiger partial charge is 0.133 e. The molecular formula is C10H13F2N. The molecule has 3 heteroatoms. The molecule has 1 N–H and O–H groups in total. The Morgan fingerprint density at radius 3 is 2.46 bits per heavy atom. The third-order valence-corrected chi connectivity index (χ3v) is 2.19. The van der Waals surface area contributed by atoms with E-state index in [-0.39, 0.29) is 11.6 Å². The molecular weight excluding hydrogens is 172 g/mol. The van der Waals surface area contributed by atoms with Crippen LogP contribution < -0.4 is 5.32 Å². The van der Waals surface area contributed by atoms with Gasteiger partial charge in [-0.25, -0.2) is 8.78 Å². The van der Waals surface area contributed by atoms with Crippen molar-refractivity contribution in [3.63, 3.8) is 0 Å². The summed E-state index contributed by atoms with van der Waals surface area (Å²) in [4.78, 5) is 0. The number of hydrogen-bond acceptors (Lipinski definition) is 1. The number of halogens is 2. The van der Waals surface area contributed by atoms with Crippen LogP contribution in [0.5, 0.6) is 0 Å². The van der Waals surface area contributed by atoms with E-state index in [2.05, 4.69) is 5.32 Å². The molecule has 0 radical (unpaired) electrons. The van der Waals surface area contributed by atoms with E-state index in [1.54, 1.807) is 20.9 Å². The average Bonchev–Trinajstić information content (AvgIpc) is 2.12. The molecule has 1 nitrogen and oxygen atoms in total. The summed E-state index contributed by atoms with van der Waals surface area (Å²) in [6.45, 7) is 3.35. The molecule has 0 saturated heterocycles. The highest BCUT2D eigenvalue weighted by atomic mass is 19.1. The zero-order valence-electron chi connectivity index (χ0n) is 7.99. The quantitative estimate of drug-likeness (QED) is 0.746. The van der Waals surface area contributed by atoms with Crippen LogP contribution >= 0.6 is 0 Å². The van der Waals surface area contributed by atoms with Crippen LogP contribution in [0.3, 0.4) is 0 Å². The second kappa shape index (κ2) is 3.83. The SMILES string of the molecule is CNC(C)c1c(F)ccc(C)c1F. The zero-order chi connectivity index (χ0) is 10.0. The van der Waals surface area contributed by atoms with Crippen molar-refractivity contribution in [2.24, 2.45) is 0 Å². The fourth-order valence-corrected chi connectivity index (χ4v) is 1.22. The van der Waals surface area contributed by atoms with Gasteiger partial charge in [-0.05, 0) is 32.5 Å². The topological polar surface area (TPSA) is 12.0 Å². The van der Waals surface area contributed by atoms with E-state index in [1.165, 1.54) is 12.1 Å². The summed E-state index contributed by atoms with van der Waals surface area (Å²) < 4.78 is 26.6. The van der Waals surface area contributed by atoms with Crippen LogP contribution in [0.2, 0.25) is 0 Å². The zero-order valence-corrected chi connectivity index (χ0v) is 7.99. The van der Waals surface area contributed by atoms with E-state index in [0.29, 0.717) is 5.56 Å². The highest BCUT2D eigenvalue weighted by Crippen LogP contribution is 2.22. The first-order valence-corrected chi connectivity index (χ1v) is 4.19. The van der Waals surface area contributed by atoms with Crippen LogP contribution in [0.15, 0.2) is 12.1 Å². The predicted molar refractivity (Wildman–Crippen MR) is 48.6 cm³/mol. The molecule has 13 heavy (non-hydrogen) atoms. The molecule has 72 valence electrons. The fourth-order valence-electron chi connectivity index (χ4n) is 1.22. The number of aryl methyl sites for hydroxylation is 1. The largest absolute Gasteiger partial charge is 0.313 e. The summed E-state index contributed by atoms with van der Waals surface area (Å²) in [5, 5.41) is 2.81. The Balaban J connectivity index is 3.25. The maximum absolute atomic E-state index is 13.4. The number of hydrogen-bond donors (Lipinski definition) is 1. The highest BCUT2D eigenvalue weighted by molar-refractivity contribution is 5.28. The summed E-state index contributed by atoms with van der Waals surface area (Å²) in [5.74, 6) is -0.952. The van der Waals surface area contributed by atoms with Gasteiger partial charge in [0.2, 0.25) is 0 Å². The van der Waals surface area contributed by atoms with E-state index in [9.17, 15) is 8.78 Å². The summed E-state index contributed by atoms with van der Waals surface area (Å²) in [6.07, 6.45) is 0. The lowest BCUT2D eigenvalue weighted by Crippen LogP contribution is -2.16. The second-order valence-electron chi connectivity index (χ2n) is 3.10. The van der Waals surface area contributed by atoms with Crippen LogP contribution in [-0.4, -0.2) is 7.05 Å². The van der Waals surface area contributed by atoms with E-state index >= 15 is 0 Å². The highest BCUT2D eigenvalue weighted by Gasteiger charge is 2.15. The molecule has 0 heterocycles. The van der Waals surface area contributed by atoms with E-state index in [1.807, 2.05) is 0 Å². The van der Waals surface area contributed by atoms with Gasteiger partial charge in [0, 0.05) is 11.6 Å². The second-order valence-corrected chi connectivity index (χ2v) is 3.10. The summed E-state index contributed by atoms with van der Waals surface area (Å²) in [7, 11) is 1.67. The molecule has 1 aromatic carbocycles. The van der Waals surface area contributed by atoms with Gasteiger partial charge < -0.3 is 5.32 Å². The van der Waals surface area contributed by atoms with Crippen LogP contribution in [0.4, 0.5) is 8.78 Å². The van der Waals surface area contributed by atoms with Crippen molar-refractivity contribution in [1.29, 1.82) is 0 Å². The molecule has 0 spiro atoms. The number of nitrogens with one attached hydrogen (secondary N) is 1. The first-order chi connectivity index (χ1) is 6.07. The molecule has 1 aromatic rings. The van der Waals surface area contributed by atoms with Crippen molar-refractivity contribution in [2.75, 3.05) is 7.05 Å². The van der Waals surface area contributed by atoms with Crippen LogP contribution in [-0.2, 0) is 0 Å². The third-order valence-electron chi connectivity index (χ3n) is 2.19. The molecule has 1 rings (SSSR count). The summed E-state index contributed by atoms with van der Waals surface area (Å²) in [5.41, 5.74) is 0.584. The van der Waals surface area contributed by atoms with Gasteiger partial charge in [-0.2, -0.15) is 0 Å². The maximum atomic E-state index is 13.4. The molecule has 1 unspecified atom stereocenters. The Kier molecular flexibility index (Phi) is 2.98. The lowest BCUT2D eigenvalue weighted by atomic mass is 10.0. The van der Waals surface area contributed by atoms with Gasteiger partial charge in [0.25, 0.3) is 0 Å². The van der Waals surface area contributed by atoms with Crippen molar-refractivity contribution in [3.05, 3.63) is 34.9 Å². The van der Waals surface area contributed by atoms with E-state index < -0.39 is 11.6 Å². The van der Waals surface area contributed by atoms with Crippen molar-refractivity contribution >= 4 is 0 Å². The lowest BCUT2D eigenvalue weighted by Gasteiger charge is -2.13. The fraction of sp³-hybridized carbons (Fsp3) is 0.400. The Morgan fingerprint density at radius 2 is 1.92 bits per heavy atom. The van der Waals surface area contributed by atoms with Crippen LogP contribution in [0.25, 0.3) is 0 Å². The van der Waals surface area contributed by atoms with Crippen LogP contribution in [0, 0.1) is 18.6 Å². The normalized spacial score (nSPS) is 13.0. The molecule has 0 aromatic heterocycles. The molecule has 1 atom stereocenters. The van der Waals surface area contributed by atoms with E-state index in [0.717, 1.165) is 0 Å². The van der Waals surface area contributed by atoms with Crippen molar-refractivity contribution in [3.8, 4) is 0 Å². The Labute approximate surface area is 76.8 Å². The lowest BCUT2D eigenvalue weighted by molar-refractivity contribution is 0.506. The van der Waals surface area contributed by atoms with Crippen molar-refractivity contribution in [1.82, 2.24) is 5.32 Å². The average molecular weight is 185 g/mol. The van der Waals surface area contributed by atoms with Gasteiger partial charge in [-0.1, -0.05) is 6.07 Å². The molecule has 0 bridgehead atoms. The van der Waals surface area contributed by atoms with Crippen LogP contribution in [0.1, 0.15) is 24.1 Å². The minimum atomic E-state index is -0.495. The minimum Gasteiger partial charge on any atom is -0.313 e. The van der Waals surface area contributed by atoms with Crippen molar-refractivity contribution < 1.29 is 8.78 Å². The monoisotopic (exact) mass is 185 g/mol. The molecule has 0 amide bonds. The predicted octanol–water partition coefficient (Wildman–Crippen LogP) is 2.55. The third kappa shape index (κ3) is 1.86. The Bertz CT molecular complexity index is 310. The first-order valence-electron chi connectivity index (χ1n) is 4.19. The van der Waals surface area contributed by atoms with Crippen molar-refractivity contribution in [2.45, 2.75) is 19.9 Å². The molecule has 0 aliphatic rings. The number of rotatable bonds is 2. The maximum Gasteiger partial charge on any atom is 0.133 e. The van der Waals surface area contributed by atoms with Gasteiger partial charge >= 0.3 is 0 Å². The standard InChI is InChI=1S/C10H13F2N/c1-6-4-5-8(11)9(10(6)12)7(2)13-3/h4-5,7,13H,1-3H3. The summed E-state index contributed by atoms with van der Waals surface area (Å²) >= 11 is 0. The van der Waals surface area contributed by atoms with Gasteiger partial charge in [0.15, 0.2) is 0 Å². The molecule has 0 aliphatic heterocycles.